The van der Waals surface area contributed by atoms with Crippen molar-refractivity contribution >= 4 is 22.1 Å². The Bertz CT molecular complexity index is 1170. The van der Waals surface area contributed by atoms with Crippen LogP contribution >= 0.6 is 0 Å². The maximum Gasteiger partial charge on any atom is 0.329 e. The fraction of sp³-hybridized carbons (Fsp3) is 0.300. The van der Waals surface area contributed by atoms with Gasteiger partial charge in [0.1, 0.15) is 5.52 Å². The summed E-state index contributed by atoms with van der Waals surface area (Å²) < 4.78 is 3.49. The van der Waals surface area contributed by atoms with Gasteiger partial charge in [-0.15, -0.1) is 0 Å². The number of hydrogen-bond acceptors (Lipinski definition) is 4. The Morgan fingerprint density at radius 2 is 1.92 bits per heavy atom. The number of imidazole rings is 1. The number of aryl methyl sites for hydroxylation is 2. The first kappa shape index (κ1) is 16.4. The van der Waals surface area contributed by atoms with Crippen molar-refractivity contribution < 1.29 is 0 Å². The molecule has 1 unspecified atom stereocenters. The monoisotopic (exact) mass is 347 g/mol. The number of nitrogens with zero attached hydrogens (tertiary/aromatic N) is 5. The topological polar surface area (TPSA) is 65.6 Å². The number of aromatic nitrogens is 5. The Kier molecular flexibility index (Phi) is 3.83. The fourth-order valence-electron chi connectivity index (χ4n) is 3.26. The average Bonchev–Trinajstić information content (AvgIpc) is 2.92. The third-order valence-electron chi connectivity index (χ3n) is 5.00. The van der Waals surface area contributed by atoms with Crippen molar-refractivity contribution in [1.29, 1.82) is 0 Å². The first-order valence-corrected chi connectivity index (χ1v) is 8.81. The predicted octanol–water partition coefficient (Wildman–Crippen LogP) is 3.62. The second-order valence-electron chi connectivity index (χ2n) is 6.71. The van der Waals surface area contributed by atoms with Crippen LogP contribution in [0.5, 0.6) is 0 Å². The summed E-state index contributed by atoms with van der Waals surface area (Å²) in [6.45, 7) is 6.09. The van der Waals surface area contributed by atoms with Crippen LogP contribution in [0.2, 0.25) is 0 Å². The lowest BCUT2D eigenvalue weighted by molar-refractivity contribution is 0.521. The van der Waals surface area contributed by atoms with Gasteiger partial charge in [-0.2, -0.15) is 0 Å². The predicted molar refractivity (Wildman–Crippen MR) is 103 cm³/mol. The van der Waals surface area contributed by atoms with E-state index in [9.17, 15) is 4.79 Å². The molecular weight excluding hydrogens is 326 g/mol. The standard InChI is InChI=1S/C20H21N5O/c1-5-13(3)25-19-17(24(4)20(25)26)11-22-16-9-8-15(23-18(16)19)14-7-6-12(2)21-10-14/h6-11,13H,5H2,1-4H3. The molecule has 0 aliphatic carbocycles. The molecule has 0 amide bonds. The molecule has 4 aromatic rings. The molecule has 132 valence electrons. The summed E-state index contributed by atoms with van der Waals surface area (Å²) in [5, 5.41) is 0. The van der Waals surface area contributed by atoms with Gasteiger partial charge in [-0.25, -0.2) is 9.78 Å². The molecule has 6 heteroatoms. The van der Waals surface area contributed by atoms with Crippen LogP contribution in [0.4, 0.5) is 0 Å². The van der Waals surface area contributed by atoms with Gasteiger partial charge >= 0.3 is 5.69 Å². The highest BCUT2D eigenvalue weighted by Gasteiger charge is 2.19. The van der Waals surface area contributed by atoms with Gasteiger partial charge in [0.15, 0.2) is 0 Å². The van der Waals surface area contributed by atoms with Crippen molar-refractivity contribution in [2.24, 2.45) is 7.05 Å². The van der Waals surface area contributed by atoms with Crippen LogP contribution in [0, 0.1) is 6.92 Å². The van der Waals surface area contributed by atoms with Gasteiger partial charge in [0.2, 0.25) is 0 Å². The second kappa shape index (κ2) is 6.05. The Morgan fingerprint density at radius 1 is 1.12 bits per heavy atom. The Morgan fingerprint density at radius 3 is 2.62 bits per heavy atom. The fourth-order valence-corrected chi connectivity index (χ4v) is 3.26. The van der Waals surface area contributed by atoms with Crippen molar-refractivity contribution in [1.82, 2.24) is 24.1 Å². The lowest BCUT2D eigenvalue weighted by Gasteiger charge is -2.12. The van der Waals surface area contributed by atoms with E-state index in [-0.39, 0.29) is 11.7 Å². The number of rotatable bonds is 3. The normalized spacial score (nSPS) is 12.8. The van der Waals surface area contributed by atoms with E-state index in [1.165, 1.54) is 0 Å². The highest BCUT2D eigenvalue weighted by Crippen LogP contribution is 2.27. The summed E-state index contributed by atoms with van der Waals surface area (Å²) >= 11 is 0. The van der Waals surface area contributed by atoms with E-state index in [2.05, 4.69) is 23.8 Å². The molecule has 1 atom stereocenters. The van der Waals surface area contributed by atoms with Gasteiger partial charge in [-0.1, -0.05) is 6.92 Å². The highest BCUT2D eigenvalue weighted by atomic mass is 16.1. The molecule has 0 N–H and O–H groups in total. The first-order chi connectivity index (χ1) is 12.5. The largest absolute Gasteiger partial charge is 0.329 e. The second-order valence-corrected chi connectivity index (χ2v) is 6.71. The number of hydrogen-bond donors (Lipinski definition) is 0. The molecule has 0 aromatic carbocycles. The van der Waals surface area contributed by atoms with Crippen LogP contribution in [0.3, 0.4) is 0 Å². The van der Waals surface area contributed by atoms with Gasteiger partial charge in [-0.3, -0.25) is 19.1 Å². The third-order valence-corrected chi connectivity index (χ3v) is 5.00. The summed E-state index contributed by atoms with van der Waals surface area (Å²) in [5.74, 6) is 0. The lowest BCUT2D eigenvalue weighted by atomic mass is 10.1. The van der Waals surface area contributed by atoms with E-state index in [4.69, 9.17) is 4.98 Å². The third kappa shape index (κ3) is 2.41. The maximum absolute atomic E-state index is 12.8. The molecule has 0 fully saturated rings. The van der Waals surface area contributed by atoms with E-state index < -0.39 is 0 Å². The molecule has 0 aliphatic rings. The summed E-state index contributed by atoms with van der Waals surface area (Å²) in [4.78, 5) is 26.5. The molecule has 0 saturated heterocycles. The van der Waals surface area contributed by atoms with Crippen LogP contribution in [0.15, 0.2) is 41.5 Å². The molecule has 0 radical (unpaired) electrons. The first-order valence-electron chi connectivity index (χ1n) is 8.81. The van der Waals surface area contributed by atoms with Crippen molar-refractivity contribution in [3.8, 4) is 11.3 Å². The molecule has 6 nitrogen and oxygen atoms in total. The summed E-state index contributed by atoms with van der Waals surface area (Å²) in [7, 11) is 1.78. The molecule has 4 heterocycles. The van der Waals surface area contributed by atoms with Crippen LogP contribution < -0.4 is 5.69 Å². The smallest absolute Gasteiger partial charge is 0.293 e. The van der Waals surface area contributed by atoms with E-state index in [0.717, 1.165) is 45.4 Å². The van der Waals surface area contributed by atoms with Crippen molar-refractivity contribution in [2.75, 3.05) is 0 Å². The van der Waals surface area contributed by atoms with Crippen molar-refractivity contribution in [3.63, 3.8) is 0 Å². The van der Waals surface area contributed by atoms with Crippen LogP contribution in [-0.4, -0.2) is 24.1 Å². The Labute approximate surface area is 151 Å². The number of fused-ring (bicyclic) bond motifs is 3. The van der Waals surface area contributed by atoms with Gasteiger partial charge in [0, 0.05) is 30.5 Å². The minimum Gasteiger partial charge on any atom is -0.293 e. The van der Waals surface area contributed by atoms with E-state index >= 15 is 0 Å². The van der Waals surface area contributed by atoms with Crippen LogP contribution in [-0.2, 0) is 7.05 Å². The molecule has 0 bridgehead atoms. The van der Waals surface area contributed by atoms with Gasteiger partial charge in [0.25, 0.3) is 0 Å². The molecule has 26 heavy (non-hydrogen) atoms. The minimum atomic E-state index is -0.0344. The van der Waals surface area contributed by atoms with Gasteiger partial charge in [-0.05, 0) is 44.5 Å². The van der Waals surface area contributed by atoms with E-state index in [1.807, 2.05) is 42.0 Å². The number of pyridine rings is 3. The van der Waals surface area contributed by atoms with Gasteiger partial charge in [0.05, 0.1) is 28.4 Å². The van der Waals surface area contributed by atoms with E-state index in [0.29, 0.717) is 0 Å². The summed E-state index contributed by atoms with van der Waals surface area (Å²) in [6.07, 6.45) is 4.45. The minimum absolute atomic E-state index is 0.0344. The van der Waals surface area contributed by atoms with Crippen LogP contribution in [0.25, 0.3) is 33.3 Å². The zero-order valence-electron chi connectivity index (χ0n) is 15.4. The molecule has 4 rings (SSSR count). The summed E-state index contributed by atoms with van der Waals surface area (Å²) in [5.41, 5.74) is 5.88. The van der Waals surface area contributed by atoms with Crippen LogP contribution in [0.1, 0.15) is 32.0 Å². The Balaban J connectivity index is 2.07. The zero-order valence-corrected chi connectivity index (χ0v) is 15.4. The highest BCUT2D eigenvalue weighted by molar-refractivity contribution is 6.00. The van der Waals surface area contributed by atoms with E-state index in [1.54, 1.807) is 17.8 Å². The maximum atomic E-state index is 12.8. The molecule has 0 saturated carbocycles. The molecule has 0 aliphatic heterocycles. The zero-order chi connectivity index (χ0) is 18.4. The molecule has 4 aromatic heterocycles. The summed E-state index contributed by atoms with van der Waals surface area (Å²) in [6, 6.07) is 7.97. The van der Waals surface area contributed by atoms with Crippen molar-refractivity contribution in [3.05, 3.63) is 52.8 Å². The van der Waals surface area contributed by atoms with Gasteiger partial charge < -0.3 is 0 Å². The molecular formula is C20H21N5O. The van der Waals surface area contributed by atoms with Crippen molar-refractivity contribution in [2.45, 2.75) is 33.2 Å². The SMILES string of the molecule is CCC(C)n1c(=O)n(C)c2cnc3ccc(-c4ccc(C)nc4)nc3c21. The molecule has 0 spiro atoms. The quantitative estimate of drug-likeness (QED) is 0.568. The lowest BCUT2D eigenvalue weighted by Crippen LogP contribution is -2.24. The Hall–Kier alpha value is -3.02. The average molecular weight is 347 g/mol.